The lowest BCUT2D eigenvalue weighted by Gasteiger charge is -2.49. The molecule has 47 heavy (non-hydrogen) atoms. The van der Waals surface area contributed by atoms with Crippen LogP contribution in [-0.2, 0) is 49.3 Å². The van der Waals surface area contributed by atoms with Crippen LogP contribution in [0.3, 0.4) is 0 Å². The summed E-state index contributed by atoms with van der Waals surface area (Å²) in [6.45, 7) is 9.51. The fourth-order valence-corrected chi connectivity index (χ4v) is 6.73. The Bertz CT molecular complexity index is 1270. The highest BCUT2D eigenvalue weighted by atomic mass is 16.7. The summed E-state index contributed by atoms with van der Waals surface area (Å²) in [5.41, 5.74) is 19.6. The molecular weight excluding hydrogens is 616 g/mol. The first-order valence-corrected chi connectivity index (χ1v) is 15.9. The first-order valence-electron chi connectivity index (χ1n) is 15.9. The standard InChI is InChI=1S/C31H46N6O10/c1-8-20-25(26(22(35-37-33)30(41-7)44-20)42-14-19-12-10-9-11-13-19)46-29-16(3)15(2)24(27(47-29)28(38)39)45-31-21(34-36-32)17(4)23(40-6)18(5)43-31/h9-13,15-18,20-27,29-31H,8,14H2,1-7H3,(H,38,39)/t15?,16?,17-,18?,20?,21-,22-,23?,24+,25?,26+,27-,29+,30?,31?/m1/s1. The fourth-order valence-electron chi connectivity index (χ4n) is 6.73. The van der Waals surface area contributed by atoms with E-state index in [1.807, 2.05) is 65.0 Å². The Hall–Kier alpha value is -3.01. The maximum absolute atomic E-state index is 12.7. The van der Waals surface area contributed by atoms with Crippen LogP contribution in [0.25, 0.3) is 20.9 Å². The molecule has 15 atom stereocenters. The highest BCUT2D eigenvalue weighted by molar-refractivity contribution is 5.73. The monoisotopic (exact) mass is 662 g/mol. The second-order valence-corrected chi connectivity index (χ2v) is 12.3. The van der Waals surface area contributed by atoms with Crippen molar-refractivity contribution in [2.75, 3.05) is 14.2 Å². The first-order chi connectivity index (χ1) is 22.6. The molecule has 1 aromatic rings. The second kappa shape index (κ2) is 16.9. The molecule has 3 saturated heterocycles. The van der Waals surface area contributed by atoms with E-state index in [0.717, 1.165) is 5.56 Å². The summed E-state index contributed by atoms with van der Waals surface area (Å²) < 4.78 is 48.8. The number of aliphatic carboxylic acids is 1. The molecule has 3 heterocycles. The highest BCUT2D eigenvalue weighted by Gasteiger charge is 2.53. The van der Waals surface area contributed by atoms with Gasteiger partial charge in [0.25, 0.3) is 0 Å². The average molecular weight is 663 g/mol. The first kappa shape index (κ1) is 36.8. The van der Waals surface area contributed by atoms with Crippen LogP contribution in [0, 0.1) is 17.8 Å². The SMILES string of the molecule is CCC1OC(OC)[C@H](N=[N+]=[N-])[C@H](OCc2ccccc2)C1O[C@H]1O[C@@H](C(=O)O)[C@@H](OC2OC(C)C(OC)[C@H](C)[C@H]2N=[N+]=[N-])C(C)C1C. The summed E-state index contributed by atoms with van der Waals surface area (Å²) in [6.07, 6.45) is -7.88. The van der Waals surface area contributed by atoms with Crippen LogP contribution in [0.2, 0.25) is 0 Å². The summed E-state index contributed by atoms with van der Waals surface area (Å²) in [5, 5.41) is 18.2. The zero-order chi connectivity index (χ0) is 34.2. The van der Waals surface area contributed by atoms with Gasteiger partial charge in [-0.05, 0) is 41.8 Å². The summed E-state index contributed by atoms with van der Waals surface area (Å²) in [7, 11) is 3.01. The predicted molar refractivity (Wildman–Crippen MR) is 166 cm³/mol. The van der Waals surface area contributed by atoms with Crippen LogP contribution in [0.4, 0.5) is 0 Å². The minimum atomic E-state index is -1.46. The molecule has 16 heteroatoms. The Kier molecular flexibility index (Phi) is 13.2. The molecule has 0 saturated carbocycles. The number of benzene rings is 1. The summed E-state index contributed by atoms with van der Waals surface area (Å²) in [4.78, 5) is 18.7. The third-order valence-corrected chi connectivity index (χ3v) is 9.51. The van der Waals surface area contributed by atoms with Crippen molar-refractivity contribution in [3.8, 4) is 0 Å². The van der Waals surface area contributed by atoms with Crippen LogP contribution >= 0.6 is 0 Å². The van der Waals surface area contributed by atoms with Crippen molar-refractivity contribution in [2.24, 2.45) is 28.0 Å². The van der Waals surface area contributed by atoms with Crippen molar-refractivity contribution in [3.05, 3.63) is 56.8 Å². The predicted octanol–water partition coefficient (Wildman–Crippen LogP) is 4.96. The Morgan fingerprint density at radius 2 is 1.47 bits per heavy atom. The molecule has 260 valence electrons. The Labute approximate surface area is 274 Å². The molecular formula is C31H46N6O10. The second-order valence-electron chi connectivity index (χ2n) is 12.3. The normalized spacial score (nSPS) is 40.5. The van der Waals surface area contributed by atoms with Crippen molar-refractivity contribution in [1.82, 2.24) is 0 Å². The topological polar surface area (TPSA) is 209 Å². The molecule has 4 rings (SSSR count). The van der Waals surface area contributed by atoms with Gasteiger partial charge < -0.3 is 43.0 Å². The maximum Gasteiger partial charge on any atom is 0.335 e. The third kappa shape index (κ3) is 8.18. The van der Waals surface area contributed by atoms with E-state index < -0.39 is 85.4 Å². The third-order valence-electron chi connectivity index (χ3n) is 9.51. The smallest absolute Gasteiger partial charge is 0.335 e. The minimum absolute atomic E-state index is 0.190. The number of ether oxygens (including phenoxy) is 8. The maximum atomic E-state index is 12.7. The van der Waals surface area contributed by atoms with Crippen LogP contribution in [0.1, 0.15) is 46.6 Å². The van der Waals surface area contributed by atoms with Crippen molar-refractivity contribution in [2.45, 2.75) is 121 Å². The zero-order valence-electron chi connectivity index (χ0n) is 27.8. The lowest BCUT2D eigenvalue weighted by Crippen LogP contribution is -2.62. The molecule has 0 bridgehead atoms. The quantitative estimate of drug-likeness (QED) is 0.170. The molecule has 0 radical (unpaired) electrons. The van der Waals surface area contributed by atoms with Gasteiger partial charge in [-0.1, -0.05) is 68.3 Å². The average Bonchev–Trinajstić information content (AvgIpc) is 3.06. The summed E-state index contributed by atoms with van der Waals surface area (Å²) in [6, 6.07) is 7.82. The number of carboxylic acids is 1. The van der Waals surface area contributed by atoms with Crippen LogP contribution < -0.4 is 0 Å². The van der Waals surface area contributed by atoms with Crippen molar-refractivity contribution in [3.63, 3.8) is 0 Å². The fraction of sp³-hybridized carbons (Fsp3) is 0.774. The Morgan fingerprint density at radius 3 is 2.06 bits per heavy atom. The molecule has 8 unspecified atom stereocenters. The molecule has 0 amide bonds. The van der Waals surface area contributed by atoms with Gasteiger partial charge in [-0.25, -0.2) is 4.79 Å². The number of rotatable bonds is 13. The van der Waals surface area contributed by atoms with Crippen molar-refractivity contribution in [1.29, 1.82) is 0 Å². The lowest BCUT2D eigenvalue weighted by atomic mass is 9.83. The molecule has 0 aliphatic carbocycles. The zero-order valence-corrected chi connectivity index (χ0v) is 27.8. The van der Waals surface area contributed by atoms with Crippen LogP contribution in [-0.4, -0.2) is 99.0 Å². The lowest BCUT2D eigenvalue weighted by molar-refractivity contribution is -0.344. The van der Waals surface area contributed by atoms with E-state index in [0.29, 0.717) is 6.42 Å². The molecule has 3 aliphatic heterocycles. The van der Waals surface area contributed by atoms with Gasteiger partial charge in [-0.3, -0.25) is 0 Å². The van der Waals surface area contributed by atoms with Gasteiger partial charge in [-0.15, -0.1) is 0 Å². The van der Waals surface area contributed by atoms with Gasteiger partial charge in [-0.2, -0.15) is 0 Å². The van der Waals surface area contributed by atoms with E-state index in [-0.39, 0.29) is 18.6 Å². The summed E-state index contributed by atoms with van der Waals surface area (Å²) >= 11 is 0. The number of hydrogen-bond acceptors (Lipinski definition) is 11. The van der Waals surface area contributed by atoms with Crippen molar-refractivity contribution < 1.29 is 47.8 Å². The molecule has 0 aromatic heterocycles. The van der Waals surface area contributed by atoms with Gasteiger partial charge in [0.2, 0.25) is 0 Å². The molecule has 3 aliphatic rings. The van der Waals surface area contributed by atoms with E-state index in [2.05, 4.69) is 20.1 Å². The van der Waals surface area contributed by atoms with Gasteiger partial charge in [0, 0.05) is 30.0 Å². The number of carbonyl (C=O) groups is 1. The number of methoxy groups -OCH3 is 2. The Balaban J connectivity index is 1.60. The number of hydrogen-bond donors (Lipinski definition) is 1. The van der Waals surface area contributed by atoms with E-state index in [1.165, 1.54) is 7.11 Å². The molecule has 16 nitrogen and oxygen atoms in total. The van der Waals surface area contributed by atoms with Gasteiger partial charge in [0.05, 0.1) is 31.0 Å². The van der Waals surface area contributed by atoms with E-state index in [9.17, 15) is 21.0 Å². The van der Waals surface area contributed by atoms with Gasteiger partial charge >= 0.3 is 5.97 Å². The number of nitrogens with zero attached hydrogens (tertiary/aromatic N) is 6. The minimum Gasteiger partial charge on any atom is -0.479 e. The highest BCUT2D eigenvalue weighted by Crippen LogP contribution is 2.40. The molecule has 1 aromatic carbocycles. The van der Waals surface area contributed by atoms with Gasteiger partial charge in [0.15, 0.2) is 25.0 Å². The van der Waals surface area contributed by atoms with E-state index in [4.69, 9.17) is 37.9 Å². The Morgan fingerprint density at radius 1 is 0.809 bits per heavy atom. The molecule has 1 N–H and O–H groups in total. The molecule has 0 spiro atoms. The summed E-state index contributed by atoms with van der Waals surface area (Å²) in [5.74, 6) is -2.36. The number of carboxylic acid groups (broad SMARTS) is 1. The van der Waals surface area contributed by atoms with E-state index in [1.54, 1.807) is 7.11 Å². The number of azide groups is 2. The van der Waals surface area contributed by atoms with Crippen molar-refractivity contribution >= 4 is 5.97 Å². The molecule has 3 fully saturated rings. The van der Waals surface area contributed by atoms with Crippen LogP contribution in [0.5, 0.6) is 0 Å². The van der Waals surface area contributed by atoms with E-state index >= 15 is 0 Å². The van der Waals surface area contributed by atoms with Gasteiger partial charge in [0.1, 0.15) is 24.4 Å². The van der Waals surface area contributed by atoms with Crippen LogP contribution in [0.15, 0.2) is 40.6 Å². The largest absolute Gasteiger partial charge is 0.479 e.